The first kappa shape index (κ1) is 20.4. The lowest BCUT2D eigenvalue weighted by molar-refractivity contribution is -0.111. The fourth-order valence-corrected chi connectivity index (χ4v) is 5.03. The van der Waals surface area contributed by atoms with Gasteiger partial charge in [0, 0.05) is 11.0 Å². The number of amides is 1. The maximum Gasteiger partial charge on any atom is 0.249 e. The summed E-state index contributed by atoms with van der Waals surface area (Å²) in [4.78, 5) is 13.7. The Morgan fingerprint density at radius 2 is 2.07 bits per heavy atom. The summed E-state index contributed by atoms with van der Waals surface area (Å²) in [6, 6.07) is 10.3. The van der Waals surface area contributed by atoms with Crippen molar-refractivity contribution in [3.05, 3.63) is 57.5 Å². The summed E-state index contributed by atoms with van der Waals surface area (Å²) < 4.78 is 0. The van der Waals surface area contributed by atoms with Crippen molar-refractivity contribution in [1.29, 1.82) is 5.26 Å². The van der Waals surface area contributed by atoms with Gasteiger partial charge in [-0.1, -0.05) is 57.0 Å². The van der Waals surface area contributed by atoms with Gasteiger partial charge in [0.2, 0.25) is 5.91 Å². The molecular weight excluding hydrogens is 364 g/mol. The molecule has 1 aromatic heterocycles. The van der Waals surface area contributed by atoms with Crippen LogP contribution in [0.3, 0.4) is 0 Å². The molecule has 4 heteroatoms. The van der Waals surface area contributed by atoms with E-state index in [4.69, 9.17) is 0 Å². The molecule has 1 heterocycles. The molecule has 1 aliphatic rings. The summed E-state index contributed by atoms with van der Waals surface area (Å²) in [5.74, 6) is 0.432. The molecule has 0 saturated carbocycles. The van der Waals surface area contributed by atoms with Gasteiger partial charge in [-0.05, 0) is 54.7 Å². The van der Waals surface area contributed by atoms with Crippen molar-refractivity contribution in [3.63, 3.8) is 0 Å². The number of fused-ring (bicyclic) bond motifs is 1. The van der Waals surface area contributed by atoms with Crippen molar-refractivity contribution in [2.24, 2.45) is 11.3 Å². The monoisotopic (exact) mass is 392 g/mol. The Labute approximate surface area is 172 Å². The van der Waals surface area contributed by atoms with Gasteiger partial charge in [-0.2, -0.15) is 5.26 Å². The van der Waals surface area contributed by atoms with Gasteiger partial charge in [-0.3, -0.25) is 4.79 Å². The fraction of sp³-hybridized carbons (Fsp3) is 0.417. The molecule has 0 saturated heterocycles. The third-order valence-corrected chi connectivity index (χ3v) is 7.30. The molecule has 1 atom stereocenters. The summed E-state index contributed by atoms with van der Waals surface area (Å²) in [6.07, 6.45) is 7.53. The Morgan fingerprint density at radius 3 is 2.71 bits per heavy atom. The van der Waals surface area contributed by atoms with Gasteiger partial charge in [0.05, 0.1) is 5.56 Å². The van der Waals surface area contributed by atoms with Gasteiger partial charge in [-0.25, -0.2) is 0 Å². The molecule has 0 radical (unpaired) electrons. The fourth-order valence-electron chi connectivity index (χ4n) is 3.75. The highest BCUT2D eigenvalue weighted by Crippen LogP contribution is 2.45. The van der Waals surface area contributed by atoms with E-state index in [2.05, 4.69) is 32.2 Å². The van der Waals surface area contributed by atoms with Gasteiger partial charge in [0.25, 0.3) is 0 Å². The first-order chi connectivity index (χ1) is 13.3. The Morgan fingerprint density at radius 1 is 1.36 bits per heavy atom. The van der Waals surface area contributed by atoms with Crippen molar-refractivity contribution in [2.75, 3.05) is 5.32 Å². The van der Waals surface area contributed by atoms with Crippen molar-refractivity contribution in [3.8, 4) is 6.07 Å². The minimum Gasteiger partial charge on any atom is -0.313 e. The normalized spacial score (nSPS) is 16.6. The molecule has 1 unspecified atom stereocenters. The minimum atomic E-state index is -0.193. The van der Waals surface area contributed by atoms with Crippen molar-refractivity contribution >= 4 is 28.3 Å². The van der Waals surface area contributed by atoms with Crippen LogP contribution in [-0.4, -0.2) is 5.91 Å². The van der Waals surface area contributed by atoms with E-state index in [-0.39, 0.29) is 5.91 Å². The van der Waals surface area contributed by atoms with Crippen LogP contribution in [-0.2, 0) is 17.6 Å². The van der Waals surface area contributed by atoms with Gasteiger partial charge < -0.3 is 5.32 Å². The van der Waals surface area contributed by atoms with E-state index in [1.54, 1.807) is 17.4 Å². The van der Waals surface area contributed by atoms with Crippen LogP contribution < -0.4 is 5.32 Å². The largest absolute Gasteiger partial charge is 0.313 e. The lowest BCUT2D eigenvalue weighted by Gasteiger charge is -2.36. The molecule has 1 N–H and O–H groups in total. The molecule has 146 valence electrons. The number of nitrogens with zero attached hydrogens (tertiary/aromatic N) is 1. The molecule has 2 aromatic rings. The van der Waals surface area contributed by atoms with Crippen LogP contribution in [0, 0.1) is 29.6 Å². The predicted molar refractivity (Wildman–Crippen MR) is 117 cm³/mol. The molecule has 3 rings (SSSR count). The minimum absolute atomic E-state index is 0.193. The second kappa shape index (κ2) is 8.32. The Bertz CT molecular complexity index is 929. The van der Waals surface area contributed by atoms with Crippen LogP contribution in [0.15, 0.2) is 30.3 Å². The zero-order valence-electron chi connectivity index (χ0n) is 17.1. The highest BCUT2D eigenvalue weighted by molar-refractivity contribution is 7.16. The molecule has 1 aromatic carbocycles. The molecule has 1 amide bonds. The number of rotatable bonds is 5. The van der Waals surface area contributed by atoms with Crippen LogP contribution in [0.1, 0.15) is 60.7 Å². The van der Waals surface area contributed by atoms with Crippen molar-refractivity contribution in [2.45, 2.75) is 53.4 Å². The maximum atomic E-state index is 12.4. The van der Waals surface area contributed by atoms with E-state index < -0.39 is 0 Å². The average Bonchev–Trinajstić information content (AvgIpc) is 3.03. The van der Waals surface area contributed by atoms with Crippen molar-refractivity contribution in [1.82, 2.24) is 0 Å². The smallest absolute Gasteiger partial charge is 0.249 e. The van der Waals surface area contributed by atoms with Crippen LogP contribution in [0.2, 0.25) is 0 Å². The van der Waals surface area contributed by atoms with E-state index >= 15 is 0 Å². The summed E-state index contributed by atoms with van der Waals surface area (Å²) in [6.45, 7) is 8.95. The van der Waals surface area contributed by atoms with Gasteiger partial charge in [0.15, 0.2) is 0 Å². The zero-order chi connectivity index (χ0) is 20.3. The molecule has 1 aliphatic carbocycles. The predicted octanol–water partition coefficient (Wildman–Crippen LogP) is 6.12. The number of nitrogens with one attached hydrogen (secondary N) is 1. The number of aryl methyl sites for hydroxylation is 1. The number of hydrogen-bond donors (Lipinski definition) is 1. The van der Waals surface area contributed by atoms with E-state index in [0.717, 1.165) is 36.8 Å². The van der Waals surface area contributed by atoms with E-state index in [1.807, 2.05) is 31.2 Å². The van der Waals surface area contributed by atoms with Gasteiger partial charge in [0.1, 0.15) is 11.1 Å². The molecule has 0 aliphatic heterocycles. The topological polar surface area (TPSA) is 52.9 Å². The zero-order valence-corrected chi connectivity index (χ0v) is 18.0. The van der Waals surface area contributed by atoms with E-state index in [0.29, 0.717) is 21.9 Å². The van der Waals surface area contributed by atoms with Crippen molar-refractivity contribution < 1.29 is 4.79 Å². The standard InChI is InChI=1S/C24H28N2OS/c1-5-24(3,4)18-11-12-19-20(15-25)23(28-21(19)14-18)26-22(27)13-10-17-8-6-16(2)7-9-17/h6-10,13,18H,5,11-12,14H2,1-4H3,(H,26,27). The second-order valence-electron chi connectivity index (χ2n) is 8.33. The van der Waals surface area contributed by atoms with Crippen LogP contribution in [0.25, 0.3) is 6.08 Å². The SMILES string of the molecule is CCC(C)(C)C1CCc2c(sc(NC(=O)C=Cc3ccc(C)cc3)c2C#N)C1. The highest BCUT2D eigenvalue weighted by Gasteiger charge is 2.33. The highest BCUT2D eigenvalue weighted by atomic mass is 32.1. The lowest BCUT2D eigenvalue weighted by Crippen LogP contribution is -2.28. The molecule has 28 heavy (non-hydrogen) atoms. The Kier molecular flexibility index (Phi) is 6.05. The Balaban J connectivity index is 1.76. The first-order valence-corrected chi connectivity index (χ1v) is 10.8. The summed E-state index contributed by atoms with van der Waals surface area (Å²) >= 11 is 1.58. The number of anilines is 1. The number of thiophene rings is 1. The van der Waals surface area contributed by atoms with Crippen LogP contribution >= 0.6 is 11.3 Å². The number of hydrogen-bond acceptors (Lipinski definition) is 3. The molecule has 0 fully saturated rings. The van der Waals surface area contributed by atoms with E-state index in [9.17, 15) is 10.1 Å². The number of benzene rings is 1. The summed E-state index contributed by atoms with van der Waals surface area (Å²) in [7, 11) is 0. The third kappa shape index (κ3) is 4.36. The maximum absolute atomic E-state index is 12.4. The van der Waals surface area contributed by atoms with Crippen LogP contribution in [0.4, 0.5) is 5.00 Å². The van der Waals surface area contributed by atoms with E-state index in [1.165, 1.54) is 16.5 Å². The molecular formula is C24H28N2OS. The van der Waals surface area contributed by atoms with Crippen LogP contribution in [0.5, 0.6) is 0 Å². The molecule has 3 nitrogen and oxygen atoms in total. The summed E-state index contributed by atoms with van der Waals surface area (Å²) in [5.41, 5.74) is 4.28. The molecule has 0 spiro atoms. The third-order valence-electron chi connectivity index (χ3n) is 6.13. The number of carbonyl (C=O) groups excluding carboxylic acids is 1. The van der Waals surface area contributed by atoms with Gasteiger partial charge >= 0.3 is 0 Å². The first-order valence-electron chi connectivity index (χ1n) is 9.94. The summed E-state index contributed by atoms with van der Waals surface area (Å²) in [5, 5.41) is 13.3. The quantitative estimate of drug-likeness (QED) is 0.623. The average molecular weight is 393 g/mol. The second-order valence-corrected chi connectivity index (χ2v) is 9.44. The Hall–Kier alpha value is -2.38. The molecule has 0 bridgehead atoms. The number of carbonyl (C=O) groups is 1. The van der Waals surface area contributed by atoms with Gasteiger partial charge in [-0.15, -0.1) is 11.3 Å². The lowest BCUT2D eigenvalue weighted by atomic mass is 9.69. The number of nitriles is 1.